The smallest absolute Gasteiger partial charge is 0.290 e. The van der Waals surface area contributed by atoms with Gasteiger partial charge in [-0.1, -0.05) is 0 Å². The highest BCUT2D eigenvalue weighted by molar-refractivity contribution is 5.46. The number of anilines is 1. The summed E-state index contributed by atoms with van der Waals surface area (Å²) >= 11 is 0. The van der Waals surface area contributed by atoms with Crippen LogP contribution in [0.5, 0.6) is 0 Å². The van der Waals surface area contributed by atoms with E-state index in [1.54, 1.807) is 26.8 Å². The predicted octanol–water partition coefficient (Wildman–Crippen LogP) is 1.90. The molecule has 6 nitrogen and oxygen atoms in total. The Balaban J connectivity index is 3.01. The first-order valence-corrected chi connectivity index (χ1v) is 5.84. The van der Waals surface area contributed by atoms with Crippen LogP contribution in [0.2, 0.25) is 0 Å². The van der Waals surface area contributed by atoms with Crippen LogP contribution in [0.25, 0.3) is 0 Å². The predicted molar refractivity (Wildman–Crippen MR) is 69.8 cm³/mol. The lowest BCUT2D eigenvalue weighted by Gasteiger charge is -2.29. The van der Waals surface area contributed by atoms with Crippen molar-refractivity contribution in [2.24, 2.45) is 0 Å². The number of nitrogens with zero attached hydrogens (tertiary/aromatic N) is 3. The number of pyridine rings is 1. The number of rotatable bonds is 5. The van der Waals surface area contributed by atoms with Gasteiger partial charge < -0.3 is 10.0 Å². The summed E-state index contributed by atoms with van der Waals surface area (Å²) < 4.78 is 0. The van der Waals surface area contributed by atoms with E-state index in [0.717, 1.165) is 0 Å². The first-order chi connectivity index (χ1) is 8.24. The zero-order chi connectivity index (χ0) is 13.9. The summed E-state index contributed by atoms with van der Waals surface area (Å²) in [6.45, 7) is 8.09. The number of likely N-dealkylation sites (N-methyl/N-ethyl adjacent to an activating group) is 1. The fraction of sp³-hybridized carbons (Fsp3) is 0.583. The number of nitro groups is 1. The van der Waals surface area contributed by atoms with E-state index < -0.39 is 10.5 Å². The van der Waals surface area contributed by atoms with E-state index >= 15 is 0 Å². The topological polar surface area (TPSA) is 79.5 Å². The highest BCUT2D eigenvalue weighted by atomic mass is 16.6. The molecule has 18 heavy (non-hydrogen) atoms. The van der Waals surface area contributed by atoms with Crippen LogP contribution in [0.1, 0.15) is 26.5 Å². The molecule has 0 aromatic carbocycles. The van der Waals surface area contributed by atoms with Crippen molar-refractivity contribution in [3.63, 3.8) is 0 Å². The molecule has 1 heterocycles. The molecule has 6 heteroatoms. The summed E-state index contributed by atoms with van der Waals surface area (Å²) in [6.07, 6.45) is 0. The number of hydrogen-bond donors (Lipinski definition) is 1. The third-order valence-corrected chi connectivity index (χ3v) is 2.52. The van der Waals surface area contributed by atoms with Gasteiger partial charge in [0.15, 0.2) is 0 Å². The van der Waals surface area contributed by atoms with Gasteiger partial charge in [0.05, 0.1) is 10.5 Å². The van der Waals surface area contributed by atoms with Gasteiger partial charge in [-0.25, -0.2) is 4.98 Å². The molecule has 100 valence electrons. The lowest BCUT2D eigenvalue weighted by molar-refractivity contribution is -0.385. The molecule has 0 radical (unpaired) electrons. The highest BCUT2D eigenvalue weighted by Crippen LogP contribution is 2.21. The van der Waals surface area contributed by atoms with Crippen LogP contribution < -0.4 is 4.90 Å². The molecule has 0 saturated heterocycles. The maximum Gasteiger partial charge on any atom is 0.290 e. The van der Waals surface area contributed by atoms with Crippen LogP contribution in [-0.2, 0) is 0 Å². The van der Waals surface area contributed by atoms with Crippen LogP contribution in [0.15, 0.2) is 12.1 Å². The molecule has 0 aliphatic rings. The van der Waals surface area contributed by atoms with E-state index in [4.69, 9.17) is 0 Å². The summed E-state index contributed by atoms with van der Waals surface area (Å²) in [4.78, 5) is 16.4. The molecule has 0 spiro atoms. The molecule has 1 aromatic heterocycles. The monoisotopic (exact) mass is 253 g/mol. The Morgan fingerprint density at radius 3 is 2.50 bits per heavy atom. The normalized spacial score (nSPS) is 11.4. The molecule has 0 saturated carbocycles. The number of aliphatic hydroxyl groups is 1. The summed E-state index contributed by atoms with van der Waals surface area (Å²) in [7, 11) is 0. The van der Waals surface area contributed by atoms with E-state index in [0.29, 0.717) is 24.6 Å². The second-order valence-corrected chi connectivity index (χ2v) is 4.86. The maximum atomic E-state index is 10.7. The van der Waals surface area contributed by atoms with Crippen molar-refractivity contribution in [1.82, 2.24) is 4.98 Å². The van der Waals surface area contributed by atoms with Crippen molar-refractivity contribution >= 4 is 11.5 Å². The largest absolute Gasteiger partial charge is 0.389 e. The highest BCUT2D eigenvalue weighted by Gasteiger charge is 2.20. The summed E-state index contributed by atoms with van der Waals surface area (Å²) in [6, 6.07) is 3.06. The molecular weight excluding hydrogens is 234 g/mol. The zero-order valence-electron chi connectivity index (χ0n) is 11.2. The van der Waals surface area contributed by atoms with Crippen LogP contribution in [0.4, 0.5) is 11.5 Å². The van der Waals surface area contributed by atoms with Crippen LogP contribution >= 0.6 is 0 Å². The lowest BCUT2D eigenvalue weighted by atomic mass is 10.1. The van der Waals surface area contributed by atoms with Crippen LogP contribution in [0.3, 0.4) is 0 Å². The first kappa shape index (κ1) is 14.4. The first-order valence-electron chi connectivity index (χ1n) is 5.84. The minimum absolute atomic E-state index is 0.0121. The Hall–Kier alpha value is -1.69. The zero-order valence-corrected chi connectivity index (χ0v) is 11.2. The molecule has 0 fully saturated rings. The molecule has 1 N–H and O–H groups in total. The van der Waals surface area contributed by atoms with E-state index in [2.05, 4.69) is 4.98 Å². The Bertz CT molecular complexity index is 441. The van der Waals surface area contributed by atoms with Crippen molar-refractivity contribution in [1.29, 1.82) is 0 Å². The van der Waals surface area contributed by atoms with E-state index in [1.807, 2.05) is 11.8 Å². The minimum atomic E-state index is -0.840. The average molecular weight is 253 g/mol. The summed E-state index contributed by atoms with van der Waals surface area (Å²) in [5.41, 5.74) is -0.447. The lowest BCUT2D eigenvalue weighted by Crippen LogP contribution is -2.39. The molecule has 0 bridgehead atoms. The van der Waals surface area contributed by atoms with Gasteiger partial charge in [0, 0.05) is 19.2 Å². The number of aromatic nitrogens is 1. The fourth-order valence-electron chi connectivity index (χ4n) is 1.73. The van der Waals surface area contributed by atoms with Gasteiger partial charge in [0.2, 0.25) is 0 Å². The van der Waals surface area contributed by atoms with Crippen molar-refractivity contribution < 1.29 is 10.0 Å². The molecule has 0 aliphatic heterocycles. The SMILES string of the molecule is CCN(CC(C)(C)O)c1ccc([N+](=O)[O-])c(C)n1. The molecule has 0 atom stereocenters. The van der Waals surface area contributed by atoms with E-state index in [1.165, 1.54) is 6.07 Å². The summed E-state index contributed by atoms with van der Waals surface area (Å²) in [5, 5.41) is 20.5. The Morgan fingerprint density at radius 2 is 2.11 bits per heavy atom. The van der Waals surface area contributed by atoms with Crippen LogP contribution in [0, 0.1) is 17.0 Å². The van der Waals surface area contributed by atoms with Crippen molar-refractivity contribution in [2.75, 3.05) is 18.0 Å². The third-order valence-electron chi connectivity index (χ3n) is 2.52. The standard InChI is InChI=1S/C12H19N3O3/c1-5-14(8-12(3,4)16)11-7-6-10(15(17)18)9(2)13-11/h6-7,16H,5,8H2,1-4H3. The number of hydrogen-bond acceptors (Lipinski definition) is 5. The van der Waals surface area contributed by atoms with Gasteiger partial charge in [-0.2, -0.15) is 0 Å². The number of aryl methyl sites for hydroxylation is 1. The Kier molecular flexibility index (Phi) is 4.24. The van der Waals surface area contributed by atoms with Crippen molar-refractivity contribution in [2.45, 2.75) is 33.3 Å². The van der Waals surface area contributed by atoms with E-state index in [9.17, 15) is 15.2 Å². The minimum Gasteiger partial charge on any atom is -0.389 e. The molecular formula is C12H19N3O3. The van der Waals surface area contributed by atoms with Crippen LogP contribution in [-0.4, -0.2) is 33.7 Å². The van der Waals surface area contributed by atoms with E-state index in [-0.39, 0.29) is 5.69 Å². The maximum absolute atomic E-state index is 10.7. The molecule has 0 unspecified atom stereocenters. The van der Waals surface area contributed by atoms with Gasteiger partial charge in [-0.05, 0) is 33.8 Å². The molecule has 0 aliphatic carbocycles. The van der Waals surface area contributed by atoms with Gasteiger partial charge in [0.1, 0.15) is 11.5 Å². The molecule has 0 amide bonds. The third kappa shape index (κ3) is 3.66. The van der Waals surface area contributed by atoms with Gasteiger partial charge in [0.25, 0.3) is 5.69 Å². The quantitative estimate of drug-likeness (QED) is 0.640. The fourth-order valence-corrected chi connectivity index (χ4v) is 1.73. The average Bonchev–Trinajstić information content (AvgIpc) is 2.24. The Labute approximate surface area is 106 Å². The van der Waals surface area contributed by atoms with Crippen molar-refractivity contribution in [3.05, 3.63) is 27.9 Å². The van der Waals surface area contributed by atoms with Crippen molar-refractivity contribution in [3.8, 4) is 0 Å². The second kappa shape index (κ2) is 5.30. The van der Waals surface area contributed by atoms with Gasteiger partial charge in [-0.15, -0.1) is 0 Å². The second-order valence-electron chi connectivity index (χ2n) is 4.86. The summed E-state index contributed by atoms with van der Waals surface area (Å²) in [5.74, 6) is 0.641. The molecule has 1 aromatic rings. The Morgan fingerprint density at radius 1 is 1.50 bits per heavy atom. The molecule has 1 rings (SSSR count). The van der Waals surface area contributed by atoms with Gasteiger partial charge in [-0.3, -0.25) is 10.1 Å². The van der Waals surface area contributed by atoms with Gasteiger partial charge >= 0.3 is 0 Å².